The number of carboxylic acid groups (broad SMARTS) is 3. The van der Waals surface area contributed by atoms with Crippen molar-refractivity contribution in [2.75, 3.05) is 0 Å². The Kier molecular flexibility index (Phi) is 12.6. The highest BCUT2D eigenvalue weighted by molar-refractivity contribution is 5.94. The second-order valence-corrected chi connectivity index (χ2v) is 7.79. The van der Waals surface area contributed by atoms with Gasteiger partial charge in [-0.15, -0.1) is 0 Å². The van der Waals surface area contributed by atoms with Gasteiger partial charge in [0.25, 0.3) is 0 Å². The summed E-state index contributed by atoms with van der Waals surface area (Å²) < 4.78 is 0. The lowest BCUT2D eigenvalue weighted by atomic mass is 10.0. The van der Waals surface area contributed by atoms with Gasteiger partial charge in [-0.05, 0) is 32.1 Å². The summed E-state index contributed by atoms with van der Waals surface area (Å²) >= 11 is 0. The Morgan fingerprint density at radius 2 is 1.22 bits per heavy atom. The number of carboxylic acids is 3. The highest BCUT2D eigenvalue weighted by atomic mass is 16.4. The van der Waals surface area contributed by atoms with Crippen LogP contribution in [-0.2, 0) is 28.8 Å². The molecule has 0 aliphatic heterocycles. The molecule has 0 heterocycles. The normalized spacial score (nSPS) is 14.5. The standard InChI is InChI=1S/C19H32N4O9/c1-9(2)8-13(18(30)22-12(19(31)32)5-7-15(26)27)23-16(28)10(3)21-17(29)11(20)4-6-14(24)25/h9-13H,4-8,20H2,1-3H3,(H,21,29)(H,22,30)(H,23,28)(H,24,25)(H,26,27)(H,31,32). The average molecular weight is 460 g/mol. The first kappa shape index (κ1) is 28.8. The Morgan fingerprint density at radius 1 is 0.719 bits per heavy atom. The molecular formula is C19H32N4O9. The Morgan fingerprint density at radius 3 is 1.69 bits per heavy atom. The number of carbonyl (C=O) groups excluding carboxylic acids is 3. The molecule has 0 radical (unpaired) electrons. The van der Waals surface area contributed by atoms with Crippen molar-refractivity contribution in [1.29, 1.82) is 0 Å². The molecular weight excluding hydrogens is 428 g/mol. The maximum absolute atomic E-state index is 12.6. The van der Waals surface area contributed by atoms with E-state index in [9.17, 15) is 33.9 Å². The Hall–Kier alpha value is -3.22. The van der Waals surface area contributed by atoms with Gasteiger partial charge in [-0.25, -0.2) is 4.79 Å². The van der Waals surface area contributed by atoms with Gasteiger partial charge in [0.15, 0.2) is 0 Å². The average Bonchev–Trinajstić information content (AvgIpc) is 2.67. The molecule has 0 saturated heterocycles. The van der Waals surface area contributed by atoms with E-state index in [1.54, 1.807) is 13.8 Å². The lowest BCUT2D eigenvalue weighted by Gasteiger charge is -2.24. The summed E-state index contributed by atoms with van der Waals surface area (Å²) in [5.41, 5.74) is 5.59. The van der Waals surface area contributed by atoms with Gasteiger partial charge in [-0.1, -0.05) is 13.8 Å². The monoisotopic (exact) mass is 460 g/mol. The van der Waals surface area contributed by atoms with E-state index in [4.69, 9.17) is 15.9 Å². The van der Waals surface area contributed by atoms with Crippen LogP contribution in [0.25, 0.3) is 0 Å². The van der Waals surface area contributed by atoms with E-state index < -0.39 is 66.2 Å². The maximum atomic E-state index is 12.6. The molecule has 0 saturated carbocycles. The van der Waals surface area contributed by atoms with Crippen LogP contribution < -0.4 is 21.7 Å². The molecule has 0 aliphatic rings. The summed E-state index contributed by atoms with van der Waals surface area (Å²) in [5.74, 6) is -6.09. The molecule has 0 fully saturated rings. The summed E-state index contributed by atoms with van der Waals surface area (Å²) in [6.45, 7) is 4.89. The molecule has 0 aromatic heterocycles. The summed E-state index contributed by atoms with van der Waals surface area (Å²) in [4.78, 5) is 69.6. The van der Waals surface area contributed by atoms with Crippen LogP contribution in [0.3, 0.4) is 0 Å². The Balaban J connectivity index is 5.08. The van der Waals surface area contributed by atoms with Crippen molar-refractivity contribution in [2.45, 2.75) is 77.0 Å². The van der Waals surface area contributed by atoms with Crippen LogP contribution in [0.5, 0.6) is 0 Å². The summed E-state index contributed by atoms with van der Waals surface area (Å²) in [6.07, 6.45) is -1.09. The smallest absolute Gasteiger partial charge is 0.326 e. The number of nitrogens with two attached hydrogens (primary N) is 1. The van der Waals surface area contributed by atoms with Crippen LogP contribution in [0.15, 0.2) is 0 Å². The summed E-state index contributed by atoms with van der Waals surface area (Å²) in [6, 6.07) is -4.83. The molecule has 0 spiro atoms. The van der Waals surface area contributed by atoms with Crippen LogP contribution in [-0.4, -0.2) is 75.1 Å². The first-order chi connectivity index (χ1) is 14.7. The third-order valence-electron chi connectivity index (χ3n) is 4.36. The fourth-order valence-corrected chi connectivity index (χ4v) is 2.59. The molecule has 32 heavy (non-hydrogen) atoms. The first-order valence-corrected chi connectivity index (χ1v) is 10.1. The van der Waals surface area contributed by atoms with Gasteiger partial charge in [0.05, 0.1) is 6.04 Å². The Bertz CT molecular complexity index is 711. The molecule has 0 bridgehead atoms. The predicted octanol–water partition coefficient (Wildman–Crippen LogP) is -1.35. The lowest BCUT2D eigenvalue weighted by Crippen LogP contribution is -2.56. The molecule has 4 unspecified atom stereocenters. The molecule has 0 rings (SSSR count). The number of nitrogens with one attached hydrogen (secondary N) is 3. The third-order valence-corrected chi connectivity index (χ3v) is 4.36. The minimum absolute atomic E-state index is 0.0670. The zero-order valence-electron chi connectivity index (χ0n) is 18.3. The van der Waals surface area contributed by atoms with Crippen molar-refractivity contribution >= 4 is 35.6 Å². The number of hydrogen-bond acceptors (Lipinski definition) is 7. The van der Waals surface area contributed by atoms with Crippen LogP contribution in [0, 0.1) is 5.92 Å². The van der Waals surface area contributed by atoms with Gasteiger partial charge < -0.3 is 37.0 Å². The van der Waals surface area contributed by atoms with Crippen molar-refractivity contribution in [3.63, 3.8) is 0 Å². The van der Waals surface area contributed by atoms with Gasteiger partial charge in [0.1, 0.15) is 18.1 Å². The molecule has 8 N–H and O–H groups in total. The minimum Gasteiger partial charge on any atom is -0.481 e. The van der Waals surface area contributed by atoms with Crippen LogP contribution in [0.4, 0.5) is 0 Å². The molecule has 0 aliphatic carbocycles. The number of hydrogen-bond donors (Lipinski definition) is 7. The third kappa shape index (κ3) is 11.8. The van der Waals surface area contributed by atoms with Crippen molar-refractivity contribution in [3.8, 4) is 0 Å². The van der Waals surface area contributed by atoms with E-state index in [2.05, 4.69) is 16.0 Å². The van der Waals surface area contributed by atoms with Crippen molar-refractivity contribution < 1.29 is 44.1 Å². The molecule has 0 aromatic carbocycles. The van der Waals surface area contributed by atoms with E-state index in [0.29, 0.717) is 0 Å². The molecule has 4 atom stereocenters. The van der Waals surface area contributed by atoms with Crippen LogP contribution >= 0.6 is 0 Å². The maximum Gasteiger partial charge on any atom is 0.326 e. The van der Waals surface area contributed by atoms with E-state index in [0.717, 1.165) is 0 Å². The molecule has 0 aromatic rings. The summed E-state index contributed by atoms with van der Waals surface area (Å²) in [7, 11) is 0. The van der Waals surface area contributed by atoms with Gasteiger partial charge in [-0.3, -0.25) is 24.0 Å². The lowest BCUT2D eigenvalue weighted by molar-refractivity contribution is -0.143. The fourth-order valence-electron chi connectivity index (χ4n) is 2.59. The number of rotatable bonds is 15. The van der Waals surface area contributed by atoms with Gasteiger partial charge in [-0.2, -0.15) is 0 Å². The topological polar surface area (TPSA) is 225 Å². The Labute approximate surface area is 185 Å². The van der Waals surface area contributed by atoms with Gasteiger partial charge in [0, 0.05) is 12.8 Å². The van der Waals surface area contributed by atoms with Crippen molar-refractivity contribution in [2.24, 2.45) is 11.7 Å². The van der Waals surface area contributed by atoms with Crippen LogP contribution in [0.1, 0.15) is 52.9 Å². The molecule has 13 nitrogen and oxygen atoms in total. The number of aliphatic carboxylic acids is 3. The van der Waals surface area contributed by atoms with E-state index in [-0.39, 0.29) is 31.6 Å². The highest BCUT2D eigenvalue weighted by Gasteiger charge is 2.29. The zero-order chi connectivity index (χ0) is 25.0. The fraction of sp³-hybridized carbons (Fsp3) is 0.684. The largest absolute Gasteiger partial charge is 0.481 e. The van der Waals surface area contributed by atoms with Gasteiger partial charge >= 0.3 is 17.9 Å². The van der Waals surface area contributed by atoms with E-state index in [1.165, 1.54) is 6.92 Å². The van der Waals surface area contributed by atoms with E-state index >= 15 is 0 Å². The van der Waals surface area contributed by atoms with Crippen LogP contribution in [0.2, 0.25) is 0 Å². The minimum atomic E-state index is -1.45. The number of amides is 3. The highest BCUT2D eigenvalue weighted by Crippen LogP contribution is 2.07. The SMILES string of the molecule is CC(C)CC(NC(=O)C(C)NC(=O)C(N)CCC(=O)O)C(=O)NC(CCC(=O)O)C(=O)O. The quantitative estimate of drug-likeness (QED) is 0.152. The zero-order valence-corrected chi connectivity index (χ0v) is 18.3. The summed E-state index contributed by atoms with van der Waals surface area (Å²) in [5, 5.41) is 33.6. The second-order valence-electron chi connectivity index (χ2n) is 7.79. The van der Waals surface area contributed by atoms with Crippen molar-refractivity contribution in [3.05, 3.63) is 0 Å². The van der Waals surface area contributed by atoms with E-state index in [1.807, 2.05) is 0 Å². The molecule has 3 amide bonds. The number of carbonyl (C=O) groups is 6. The van der Waals surface area contributed by atoms with Gasteiger partial charge in [0.2, 0.25) is 17.7 Å². The molecule has 182 valence electrons. The van der Waals surface area contributed by atoms with Crippen molar-refractivity contribution in [1.82, 2.24) is 16.0 Å². The molecule has 13 heteroatoms. The second kappa shape index (κ2) is 14.0. The predicted molar refractivity (Wildman–Crippen MR) is 110 cm³/mol. The first-order valence-electron chi connectivity index (χ1n) is 10.1.